The van der Waals surface area contributed by atoms with E-state index in [1.54, 1.807) is 34.6 Å². The SMILES string of the molecule is C.C.CCOC(=O)C1(F)CCN(C(=O)OC(C)(C)C)CC1.CCOC(=O)C1(F)CCNCC1.Cl. The fraction of sp³-hybridized carbons (Fsp3) is 0.870. The van der Waals surface area contributed by atoms with E-state index in [9.17, 15) is 23.2 Å². The quantitative estimate of drug-likeness (QED) is 0.428. The van der Waals surface area contributed by atoms with Crippen molar-refractivity contribution in [2.24, 2.45) is 0 Å². The molecule has 2 aliphatic rings. The van der Waals surface area contributed by atoms with Crippen molar-refractivity contribution in [3.05, 3.63) is 0 Å². The summed E-state index contributed by atoms with van der Waals surface area (Å²) in [7, 11) is 0. The fourth-order valence-corrected chi connectivity index (χ4v) is 3.12. The van der Waals surface area contributed by atoms with Crippen LogP contribution in [0.15, 0.2) is 0 Å². The lowest BCUT2D eigenvalue weighted by Crippen LogP contribution is -2.50. The smallest absolute Gasteiger partial charge is 0.410 e. The molecule has 0 bridgehead atoms. The van der Waals surface area contributed by atoms with Gasteiger partial charge in [-0.15, -0.1) is 12.4 Å². The van der Waals surface area contributed by atoms with Crippen molar-refractivity contribution >= 4 is 30.4 Å². The highest BCUT2D eigenvalue weighted by Crippen LogP contribution is 2.29. The third-order valence-corrected chi connectivity index (χ3v) is 4.89. The maximum absolute atomic E-state index is 14.3. The second-order valence-electron chi connectivity index (χ2n) is 8.59. The first-order chi connectivity index (χ1) is 14.4. The molecule has 2 heterocycles. The van der Waals surface area contributed by atoms with Gasteiger partial charge in [-0.05, 0) is 47.7 Å². The van der Waals surface area contributed by atoms with Crippen LogP contribution in [0.1, 0.15) is 75.2 Å². The van der Waals surface area contributed by atoms with Crippen molar-refractivity contribution < 1.29 is 37.4 Å². The number of nitrogens with zero attached hydrogens (tertiary/aromatic N) is 1. The number of esters is 2. The first kappa shape index (κ1) is 36.9. The largest absolute Gasteiger partial charge is 0.464 e. The molecule has 0 aromatic carbocycles. The van der Waals surface area contributed by atoms with E-state index in [2.05, 4.69) is 10.1 Å². The molecule has 0 aromatic heterocycles. The number of amides is 1. The molecule has 204 valence electrons. The highest BCUT2D eigenvalue weighted by Gasteiger charge is 2.44. The van der Waals surface area contributed by atoms with Gasteiger partial charge in [0.25, 0.3) is 0 Å². The molecule has 0 unspecified atom stereocenters. The minimum Gasteiger partial charge on any atom is -0.464 e. The molecule has 1 N–H and O–H groups in total. The number of likely N-dealkylation sites (tertiary alicyclic amines) is 1. The number of nitrogens with one attached hydrogen (secondary N) is 1. The zero-order valence-electron chi connectivity index (χ0n) is 19.6. The molecule has 34 heavy (non-hydrogen) atoms. The van der Waals surface area contributed by atoms with Gasteiger partial charge < -0.3 is 24.4 Å². The Labute approximate surface area is 209 Å². The van der Waals surface area contributed by atoms with Crippen LogP contribution in [0.2, 0.25) is 0 Å². The van der Waals surface area contributed by atoms with Crippen molar-refractivity contribution in [2.75, 3.05) is 39.4 Å². The van der Waals surface area contributed by atoms with Crippen LogP contribution in [-0.2, 0) is 23.8 Å². The summed E-state index contributed by atoms with van der Waals surface area (Å²) in [6, 6.07) is 0. The minimum atomic E-state index is -1.98. The summed E-state index contributed by atoms with van der Waals surface area (Å²) in [5.41, 5.74) is -4.29. The molecule has 2 rings (SSSR count). The van der Waals surface area contributed by atoms with Gasteiger partial charge in [-0.25, -0.2) is 23.2 Å². The average Bonchev–Trinajstić information content (AvgIpc) is 2.68. The molecule has 0 atom stereocenters. The molecule has 1 amide bonds. The molecule has 11 heteroatoms. The van der Waals surface area contributed by atoms with Crippen molar-refractivity contribution in [1.29, 1.82) is 0 Å². The van der Waals surface area contributed by atoms with Gasteiger partial charge in [-0.2, -0.15) is 0 Å². The molecule has 0 saturated carbocycles. The zero-order chi connectivity index (χ0) is 23.7. The van der Waals surface area contributed by atoms with E-state index in [1.807, 2.05) is 0 Å². The Morgan fingerprint density at radius 3 is 1.59 bits per heavy atom. The number of halogens is 3. The van der Waals surface area contributed by atoms with Crippen molar-refractivity contribution in [1.82, 2.24) is 10.2 Å². The molecule has 2 aliphatic heterocycles. The highest BCUT2D eigenvalue weighted by molar-refractivity contribution is 5.85. The molecule has 2 saturated heterocycles. The predicted octanol–water partition coefficient (Wildman–Crippen LogP) is 4.62. The highest BCUT2D eigenvalue weighted by atomic mass is 35.5. The van der Waals surface area contributed by atoms with Crippen LogP contribution >= 0.6 is 12.4 Å². The van der Waals surface area contributed by atoms with Crippen LogP contribution in [0, 0.1) is 0 Å². The normalized spacial score (nSPS) is 18.3. The van der Waals surface area contributed by atoms with Crippen molar-refractivity contribution in [2.45, 2.75) is 92.1 Å². The van der Waals surface area contributed by atoms with E-state index < -0.39 is 35.0 Å². The summed E-state index contributed by atoms with van der Waals surface area (Å²) in [5, 5.41) is 2.99. The molecule has 8 nitrogen and oxygen atoms in total. The summed E-state index contributed by atoms with van der Waals surface area (Å²) in [6.45, 7) is 10.4. The monoisotopic (exact) mass is 518 g/mol. The van der Waals surface area contributed by atoms with Gasteiger partial charge >= 0.3 is 18.0 Å². The summed E-state index contributed by atoms with van der Waals surface area (Å²) in [4.78, 5) is 35.8. The Hall–Kier alpha value is -1.68. The lowest BCUT2D eigenvalue weighted by atomic mass is 9.93. The van der Waals surface area contributed by atoms with Crippen molar-refractivity contribution in [3.63, 3.8) is 0 Å². The van der Waals surface area contributed by atoms with Crippen LogP contribution in [0.25, 0.3) is 0 Å². The maximum atomic E-state index is 14.3. The van der Waals surface area contributed by atoms with E-state index in [0.29, 0.717) is 13.1 Å². The number of hydrogen-bond donors (Lipinski definition) is 1. The lowest BCUT2D eigenvalue weighted by molar-refractivity contribution is -0.160. The minimum absolute atomic E-state index is 0. The van der Waals surface area contributed by atoms with Crippen LogP contribution in [0.3, 0.4) is 0 Å². The predicted molar refractivity (Wildman–Crippen MR) is 131 cm³/mol. The summed E-state index contributed by atoms with van der Waals surface area (Å²) in [5.74, 6) is -1.54. The first-order valence-electron chi connectivity index (χ1n) is 10.8. The van der Waals surface area contributed by atoms with E-state index in [4.69, 9.17) is 9.47 Å². The Balaban J connectivity index is -0.000000562. The Bertz CT molecular complexity index is 617. The molecule has 0 radical (unpaired) electrons. The second kappa shape index (κ2) is 16.1. The van der Waals surface area contributed by atoms with E-state index in [-0.39, 0.29) is 79.2 Å². The van der Waals surface area contributed by atoms with Gasteiger partial charge in [0.05, 0.1) is 13.2 Å². The van der Waals surface area contributed by atoms with Gasteiger partial charge in [0.15, 0.2) is 0 Å². The van der Waals surface area contributed by atoms with Gasteiger partial charge in [-0.3, -0.25) is 0 Å². The molecule has 2 fully saturated rings. The number of carbonyl (C=O) groups excluding carboxylic acids is 3. The van der Waals surface area contributed by atoms with Crippen LogP contribution in [0.5, 0.6) is 0 Å². The summed E-state index contributed by atoms with van der Waals surface area (Å²) in [6.07, 6.45) is -0.119. The van der Waals surface area contributed by atoms with Crippen LogP contribution in [0.4, 0.5) is 13.6 Å². The Kier molecular flexibility index (Phi) is 17.4. The third kappa shape index (κ3) is 11.6. The van der Waals surface area contributed by atoms with E-state index >= 15 is 0 Å². The molecular weight excluding hydrogens is 474 g/mol. The average molecular weight is 519 g/mol. The topological polar surface area (TPSA) is 94.2 Å². The van der Waals surface area contributed by atoms with Crippen molar-refractivity contribution in [3.8, 4) is 0 Å². The van der Waals surface area contributed by atoms with Gasteiger partial charge in [0.2, 0.25) is 11.3 Å². The number of alkyl halides is 2. The summed E-state index contributed by atoms with van der Waals surface area (Å²) < 4.78 is 42.5. The zero-order valence-corrected chi connectivity index (χ0v) is 20.4. The number of hydrogen-bond acceptors (Lipinski definition) is 7. The van der Waals surface area contributed by atoms with Gasteiger partial charge in [-0.1, -0.05) is 14.9 Å². The van der Waals surface area contributed by atoms with Crippen LogP contribution in [-0.4, -0.2) is 79.3 Å². The molecule has 0 aromatic rings. The standard InChI is InChI=1S/C13H22FNO4.C8H14FNO2.2CH4.ClH/c1-5-18-10(16)13(14)6-8-15(9-7-13)11(17)19-12(2,3)4;1-2-12-7(11)8(9)3-5-10-6-4-8;;;/h5-9H2,1-4H3;10H,2-6H2,1H3;2*1H4;1H. The molecule has 0 spiro atoms. The second-order valence-corrected chi connectivity index (χ2v) is 8.59. The fourth-order valence-electron chi connectivity index (χ4n) is 3.12. The Morgan fingerprint density at radius 1 is 0.853 bits per heavy atom. The lowest BCUT2D eigenvalue weighted by Gasteiger charge is -2.35. The number of rotatable bonds is 4. The number of ether oxygens (including phenoxy) is 3. The van der Waals surface area contributed by atoms with E-state index in [0.717, 1.165) is 0 Å². The van der Waals surface area contributed by atoms with E-state index in [1.165, 1.54) is 4.90 Å². The van der Waals surface area contributed by atoms with Gasteiger partial charge in [0, 0.05) is 38.8 Å². The van der Waals surface area contributed by atoms with Crippen LogP contribution < -0.4 is 5.32 Å². The number of piperidine rings is 2. The third-order valence-electron chi connectivity index (χ3n) is 4.89. The summed E-state index contributed by atoms with van der Waals surface area (Å²) >= 11 is 0. The first-order valence-corrected chi connectivity index (χ1v) is 10.8. The Morgan fingerprint density at radius 2 is 1.24 bits per heavy atom. The van der Waals surface area contributed by atoms with Gasteiger partial charge in [0.1, 0.15) is 5.60 Å². The molecular formula is C23H45ClF2N2O6. The maximum Gasteiger partial charge on any atom is 0.410 e. The number of carbonyl (C=O) groups is 3. The molecule has 0 aliphatic carbocycles.